The van der Waals surface area contributed by atoms with Crippen LogP contribution >= 0.6 is 0 Å². The molecule has 118 valence electrons. The van der Waals surface area contributed by atoms with Gasteiger partial charge in [0.15, 0.2) is 0 Å². The van der Waals surface area contributed by atoms with Crippen LogP contribution < -0.4 is 0 Å². The standard InChI is InChI=1S/C16H17N5O2/c1-2-23-16(22)15(19-20-17)12-14-8-10-18-21(14)11-9-13-6-4-3-5-7-13/h3-8,10,12H,2,9,11H2,1H3. The topological polar surface area (TPSA) is 92.9 Å². The molecule has 0 N–H and O–H groups in total. The average Bonchev–Trinajstić information content (AvgIpc) is 3.01. The lowest BCUT2D eigenvalue weighted by Gasteiger charge is -2.06. The molecule has 0 aliphatic carbocycles. The van der Waals surface area contributed by atoms with E-state index in [0.29, 0.717) is 12.2 Å². The van der Waals surface area contributed by atoms with Crippen molar-refractivity contribution in [2.24, 2.45) is 5.11 Å². The summed E-state index contributed by atoms with van der Waals surface area (Å²) in [6.45, 7) is 2.55. The van der Waals surface area contributed by atoms with E-state index in [2.05, 4.69) is 15.1 Å². The zero-order chi connectivity index (χ0) is 16.5. The summed E-state index contributed by atoms with van der Waals surface area (Å²) >= 11 is 0. The fourth-order valence-corrected chi connectivity index (χ4v) is 2.05. The van der Waals surface area contributed by atoms with Crippen LogP contribution in [-0.4, -0.2) is 22.4 Å². The number of rotatable bonds is 7. The first-order valence-corrected chi connectivity index (χ1v) is 7.24. The molecular formula is C16H17N5O2. The molecule has 7 heteroatoms. The van der Waals surface area contributed by atoms with Gasteiger partial charge in [-0.1, -0.05) is 35.4 Å². The Morgan fingerprint density at radius 1 is 1.39 bits per heavy atom. The highest BCUT2D eigenvalue weighted by Gasteiger charge is 2.10. The summed E-state index contributed by atoms with van der Waals surface area (Å²) in [4.78, 5) is 14.4. The minimum Gasteiger partial charge on any atom is -0.462 e. The van der Waals surface area contributed by atoms with E-state index in [-0.39, 0.29) is 12.3 Å². The molecule has 0 saturated heterocycles. The second-order valence-electron chi connectivity index (χ2n) is 4.65. The van der Waals surface area contributed by atoms with Crippen LogP contribution in [0, 0.1) is 0 Å². The highest BCUT2D eigenvalue weighted by Crippen LogP contribution is 2.11. The molecule has 0 unspecified atom stereocenters. The van der Waals surface area contributed by atoms with Gasteiger partial charge in [-0.05, 0) is 36.6 Å². The Hall–Kier alpha value is -3.05. The maximum absolute atomic E-state index is 11.8. The third-order valence-corrected chi connectivity index (χ3v) is 3.13. The summed E-state index contributed by atoms with van der Waals surface area (Å²) < 4.78 is 6.62. The van der Waals surface area contributed by atoms with Gasteiger partial charge in [-0.15, -0.1) is 0 Å². The zero-order valence-electron chi connectivity index (χ0n) is 12.8. The van der Waals surface area contributed by atoms with Crippen molar-refractivity contribution in [3.63, 3.8) is 0 Å². The first-order valence-electron chi connectivity index (χ1n) is 7.24. The summed E-state index contributed by atoms with van der Waals surface area (Å²) in [5, 5.41) is 7.64. The van der Waals surface area contributed by atoms with E-state index in [9.17, 15) is 4.79 Å². The molecular weight excluding hydrogens is 294 g/mol. The molecule has 1 heterocycles. The lowest BCUT2D eigenvalue weighted by molar-refractivity contribution is -0.138. The third-order valence-electron chi connectivity index (χ3n) is 3.13. The van der Waals surface area contributed by atoms with E-state index in [1.54, 1.807) is 23.9 Å². The van der Waals surface area contributed by atoms with Crippen LogP contribution in [0.15, 0.2) is 53.4 Å². The number of azide groups is 1. The first-order chi connectivity index (χ1) is 11.2. The van der Waals surface area contributed by atoms with Gasteiger partial charge in [0, 0.05) is 17.7 Å². The highest BCUT2D eigenvalue weighted by molar-refractivity contribution is 5.92. The normalized spacial score (nSPS) is 10.9. The molecule has 0 fully saturated rings. The van der Waals surface area contributed by atoms with E-state index in [4.69, 9.17) is 10.3 Å². The van der Waals surface area contributed by atoms with Gasteiger partial charge in [-0.25, -0.2) is 4.79 Å². The fraction of sp³-hybridized carbons (Fsp3) is 0.250. The monoisotopic (exact) mass is 311 g/mol. The number of carbonyl (C=O) groups excluding carboxylic acids is 1. The Labute approximate surface area is 133 Å². The van der Waals surface area contributed by atoms with Crippen LogP contribution in [0.5, 0.6) is 0 Å². The maximum Gasteiger partial charge on any atom is 0.340 e. The van der Waals surface area contributed by atoms with Crippen LogP contribution in [-0.2, 0) is 22.5 Å². The minimum absolute atomic E-state index is 0.0872. The van der Waals surface area contributed by atoms with E-state index >= 15 is 0 Å². The predicted molar refractivity (Wildman–Crippen MR) is 86.1 cm³/mol. The molecule has 0 amide bonds. The van der Waals surface area contributed by atoms with E-state index < -0.39 is 5.97 Å². The molecule has 0 aliphatic heterocycles. The Balaban J connectivity index is 2.16. The molecule has 0 saturated carbocycles. The number of esters is 1. The van der Waals surface area contributed by atoms with Crippen molar-refractivity contribution in [2.45, 2.75) is 19.9 Å². The Bertz CT molecular complexity index is 730. The molecule has 1 aromatic heterocycles. The van der Waals surface area contributed by atoms with Gasteiger partial charge in [0.05, 0.1) is 12.3 Å². The molecule has 7 nitrogen and oxygen atoms in total. The molecule has 0 spiro atoms. The van der Waals surface area contributed by atoms with Gasteiger partial charge >= 0.3 is 5.97 Å². The SMILES string of the molecule is CCOC(=O)C(=Cc1ccnn1CCc1ccccc1)N=[N+]=[N-]. The molecule has 0 radical (unpaired) electrons. The van der Waals surface area contributed by atoms with Crippen LogP contribution in [0.2, 0.25) is 0 Å². The smallest absolute Gasteiger partial charge is 0.340 e. The fourth-order valence-electron chi connectivity index (χ4n) is 2.05. The van der Waals surface area contributed by atoms with Gasteiger partial charge < -0.3 is 4.74 Å². The molecule has 0 bridgehead atoms. The molecule has 0 aliphatic rings. The Kier molecular flexibility index (Phi) is 5.97. The number of ether oxygens (including phenoxy) is 1. The number of carbonyl (C=O) groups is 1. The van der Waals surface area contributed by atoms with Gasteiger partial charge in [0.2, 0.25) is 0 Å². The summed E-state index contributed by atoms with van der Waals surface area (Å²) in [6.07, 6.45) is 3.92. The van der Waals surface area contributed by atoms with Crippen molar-refractivity contribution >= 4 is 12.0 Å². The number of aryl methyl sites for hydroxylation is 2. The average molecular weight is 311 g/mol. The van der Waals surface area contributed by atoms with Gasteiger partial charge in [0.25, 0.3) is 0 Å². The molecule has 23 heavy (non-hydrogen) atoms. The number of hydrogen-bond acceptors (Lipinski definition) is 4. The summed E-state index contributed by atoms with van der Waals surface area (Å²) in [5.74, 6) is -0.652. The first kappa shape index (κ1) is 16.3. The molecule has 2 aromatic rings. The summed E-state index contributed by atoms with van der Waals surface area (Å²) in [6, 6.07) is 11.8. The van der Waals surface area contributed by atoms with Crippen LogP contribution in [0.25, 0.3) is 16.5 Å². The molecule has 2 rings (SSSR count). The van der Waals surface area contributed by atoms with Crippen LogP contribution in [0.3, 0.4) is 0 Å². The highest BCUT2D eigenvalue weighted by atomic mass is 16.5. The van der Waals surface area contributed by atoms with Crippen molar-refractivity contribution in [1.82, 2.24) is 9.78 Å². The molecule has 0 atom stereocenters. The van der Waals surface area contributed by atoms with E-state index in [1.165, 1.54) is 11.6 Å². The van der Waals surface area contributed by atoms with Crippen LogP contribution in [0.1, 0.15) is 18.2 Å². The largest absolute Gasteiger partial charge is 0.462 e. The second kappa shape index (κ2) is 8.41. The van der Waals surface area contributed by atoms with Crippen molar-refractivity contribution in [1.29, 1.82) is 0 Å². The minimum atomic E-state index is -0.652. The van der Waals surface area contributed by atoms with Crippen molar-refractivity contribution in [3.8, 4) is 0 Å². The molecule has 1 aromatic carbocycles. The van der Waals surface area contributed by atoms with Gasteiger partial charge in [0.1, 0.15) is 5.70 Å². The zero-order valence-corrected chi connectivity index (χ0v) is 12.8. The van der Waals surface area contributed by atoms with Crippen LogP contribution in [0.4, 0.5) is 0 Å². The number of benzene rings is 1. The second-order valence-corrected chi connectivity index (χ2v) is 4.65. The number of nitrogens with zero attached hydrogens (tertiary/aromatic N) is 5. The predicted octanol–water partition coefficient (Wildman–Crippen LogP) is 3.34. The maximum atomic E-state index is 11.8. The van der Waals surface area contributed by atoms with E-state index in [0.717, 1.165) is 6.42 Å². The third kappa shape index (κ3) is 4.72. The summed E-state index contributed by atoms with van der Waals surface area (Å²) in [5.41, 5.74) is 10.4. The van der Waals surface area contributed by atoms with Gasteiger partial charge in [-0.3, -0.25) is 4.68 Å². The number of hydrogen-bond donors (Lipinski definition) is 0. The number of aromatic nitrogens is 2. The van der Waals surface area contributed by atoms with Crippen molar-refractivity contribution < 1.29 is 9.53 Å². The Morgan fingerprint density at radius 3 is 2.87 bits per heavy atom. The lowest BCUT2D eigenvalue weighted by atomic mass is 10.1. The Morgan fingerprint density at radius 2 is 2.17 bits per heavy atom. The van der Waals surface area contributed by atoms with E-state index in [1.807, 2.05) is 30.3 Å². The quantitative estimate of drug-likeness (QED) is 0.258. The van der Waals surface area contributed by atoms with Crippen molar-refractivity contribution in [2.75, 3.05) is 6.61 Å². The lowest BCUT2D eigenvalue weighted by Crippen LogP contribution is -2.08. The van der Waals surface area contributed by atoms with Gasteiger partial charge in [-0.2, -0.15) is 5.10 Å². The summed E-state index contributed by atoms with van der Waals surface area (Å²) in [7, 11) is 0. The van der Waals surface area contributed by atoms with Crippen molar-refractivity contribution in [3.05, 3.63) is 70.0 Å².